The molecule has 0 saturated heterocycles. The van der Waals surface area contributed by atoms with Crippen LogP contribution in [0.5, 0.6) is 0 Å². The molecule has 0 fully saturated rings. The number of para-hydroxylation sites is 1. The van der Waals surface area contributed by atoms with E-state index in [2.05, 4.69) is 11.1 Å². The standard InChI is InChI=1S/C8H7N.K/c1-2-4-8-7(3-1)5-6-9-8;/h1-4,6H,5H2;. The van der Waals surface area contributed by atoms with Crippen LogP contribution in [0.1, 0.15) is 5.56 Å². The molecule has 1 radical (unpaired) electrons. The normalized spacial score (nSPS) is 12.4. The van der Waals surface area contributed by atoms with Crippen molar-refractivity contribution in [3.8, 4) is 0 Å². The average Bonchev–Trinajstić information content (AvgIpc) is 2.33. The van der Waals surface area contributed by atoms with Gasteiger partial charge in [0.05, 0.1) is 5.69 Å². The van der Waals surface area contributed by atoms with Gasteiger partial charge in [-0.1, -0.05) is 18.2 Å². The summed E-state index contributed by atoms with van der Waals surface area (Å²) in [5.41, 5.74) is 2.48. The Balaban J connectivity index is 0.000000500. The van der Waals surface area contributed by atoms with E-state index in [0.29, 0.717) is 0 Å². The molecular weight excluding hydrogens is 149 g/mol. The van der Waals surface area contributed by atoms with E-state index >= 15 is 0 Å². The fraction of sp³-hybridized carbons (Fsp3) is 0.125. The molecule has 10 heavy (non-hydrogen) atoms. The molecular formula is C8H7KN. The molecule has 0 N–H and O–H groups in total. The Bertz CT molecular complexity index is 255. The summed E-state index contributed by atoms with van der Waals surface area (Å²) in [6.45, 7) is 0. The van der Waals surface area contributed by atoms with E-state index < -0.39 is 0 Å². The van der Waals surface area contributed by atoms with Gasteiger partial charge in [-0.05, 0) is 11.6 Å². The summed E-state index contributed by atoms with van der Waals surface area (Å²) in [4.78, 5) is 4.17. The summed E-state index contributed by atoms with van der Waals surface area (Å²) in [6.07, 6.45) is 2.96. The Morgan fingerprint density at radius 2 is 2.00 bits per heavy atom. The SMILES string of the molecule is C1=Nc2ccccc2C1.[K]. The molecule has 0 amide bonds. The van der Waals surface area contributed by atoms with Gasteiger partial charge < -0.3 is 0 Å². The minimum atomic E-state index is 0. The Kier molecular flexibility index (Phi) is 3.26. The monoisotopic (exact) mass is 156 g/mol. The van der Waals surface area contributed by atoms with Crippen LogP contribution in [0.4, 0.5) is 5.69 Å². The molecule has 1 aliphatic rings. The average molecular weight is 156 g/mol. The van der Waals surface area contributed by atoms with Crippen LogP contribution >= 0.6 is 0 Å². The quantitative estimate of drug-likeness (QED) is 0.505. The Morgan fingerprint density at radius 1 is 1.20 bits per heavy atom. The van der Waals surface area contributed by atoms with Crippen LogP contribution in [0.3, 0.4) is 0 Å². The van der Waals surface area contributed by atoms with Gasteiger partial charge in [0.1, 0.15) is 0 Å². The first-order valence-electron chi connectivity index (χ1n) is 3.07. The van der Waals surface area contributed by atoms with E-state index in [4.69, 9.17) is 0 Å². The third-order valence-corrected chi connectivity index (χ3v) is 1.53. The second-order valence-electron chi connectivity index (χ2n) is 2.14. The van der Waals surface area contributed by atoms with Gasteiger partial charge in [-0.2, -0.15) is 0 Å². The maximum atomic E-state index is 4.17. The first-order valence-corrected chi connectivity index (χ1v) is 3.07. The molecule has 1 heterocycles. The van der Waals surface area contributed by atoms with E-state index in [0.717, 1.165) is 12.1 Å². The zero-order chi connectivity index (χ0) is 6.10. The predicted octanol–water partition coefficient (Wildman–Crippen LogP) is 1.56. The number of aliphatic imine (C=N–C) groups is 1. The molecule has 2 heteroatoms. The van der Waals surface area contributed by atoms with Crippen LogP contribution in [0, 0.1) is 0 Å². The van der Waals surface area contributed by atoms with Crippen molar-refractivity contribution in [1.29, 1.82) is 0 Å². The molecule has 0 saturated carbocycles. The second-order valence-corrected chi connectivity index (χ2v) is 2.14. The summed E-state index contributed by atoms with van der Waals surface area (Å²) < 4.78 is 0. The smallest absolute Gasteiger partial charge is 0.0661 e. The van der Waals surface area contributed by atoms with Crippen molar-refractivity contribution in [2.24, 2.45) is 4.99 Å². The molecule has 1 aromatic carbocycles. The van der Waals surface area contributed by atoms with Gasteiger partial charge in [0.15, 0.2) is 0 Å². The van der Waals surface area contributed by atoms with Crippen molar-refractivity contribution in [1.82, 2.24) is 0 Å². The van der Waals surface area contributed by atoms with Gasteiger partial charge >= 0.3 is 0 Å². The number of hydrogen-bond donors (Lipinski definition) is 0. The predicted molar refractivity (Wildman–Crippen MR) is 44.1 cm³/mol. The van der Waals surface area contributed by atoms with E-state index in [1.165, 1.54) is 5.56 Å². The summed E-state index contributed by atoms with van der Waals surface area (Å²) in [5.74, 6) is 0. The van der Waals surface area contributed by atoms with Gasteiger partial charge in [-0.25, -0.2) is 0 Å². The number of fused-ring (bicyclic) bond motifs is 1. The molecule has 1 aliphatic heterocycles. The van der Waals surface area contributed by atoms with Crippen molar-refractivity contribution in [2.45, 2.75) is 6.42 Å². The Labute approximate surface area is 103 Å². The zero-order valence-electron chi connectivity index (χ0n) is 6.04. The number of rotatable bonds is 0. The molecule has 0 unspecified atom stereocenters. The number of benzene rings is 1. The molecule has 45 valence electrons. The summed E-state index contributed by atoms with van der Waals surface area (Å²) in [5, 5.41) is 0. The third-order valence-electron chi connectivity index (χ3n) is 1.53. The Hall–Kier alpha value is 0.526. The topological polar surface area (TPSA) is 12.4 Å². The van der Waals surface area contributed by atoms with Gasteiger partial charge in [0, 0.05) is 64.0 Å². The molecule has 0 bridgehead atoms. The van der Waals surface area contributed by atoms with E-state index in [-0.39, 0.29) is 51.4 Å². The van der Waals surface area contributed by atoms with Crippen molar-refractivity contribution >= 4 is 63.3 Å². The van der Waals surface area contributed by atoms with Crippen LogP contribution in [-0.2, 0) is 6.42 Å². The minimum absolute atomic E-state index is 0. The fourth-order valence-corrected chi connectivity index (χ4v) is 1.05. The van der Waals surface area contributed by atoms with Crippen LogP contribution in [0.15, 0.2) is 29.3 Å². The Morgan fingerprint density at radius 3 is 2.80 bits per heavy atom. The molecule has 0 spiro atoms. The molecule has 0 atom stereocenters. The number of hydrogen-bond acceptors (Lipinski definition) is 1. The summed E-state index contributed by atoms with van der Waals surface area (Å²) >= 11 is 0. The molecule has 0 aromatic heterocycles. The van der Waals surface area contributed by atoms with Crippen molar-refractivity contribution < 1.29 is 0 Å². The van der Waals surface area contributed by atoms with Gasteiger partial charge in [-0.15, -0.1) is 0 Å². The van der Waals surface area contributed by atoms with Crippen molar-refractivity contribution in [3.63, 3.8) is 0 Å². The molecule has 0 aliphatic carbocycles. The van der Waals surface area contributed by atoms with E-state index in [1.54, 1.807) is 0 Å². The number of nitrogens with zero attached hydrogens (tertiary/aromatic N) is 1. The van der Waals surface area contributed by atoms with Crippen LogP contribution in [0.2, 0.25) is 0 Å². The zero-order valence-corrected chi connectivity index (χ0v) is 9.16. The van der Waals surface area contributed by atoms with Crippen LogP contribution in [-0.4, -0.2) is 57.6 Å². The third kappa shape index (κ3) is 1.57. The van der Waals surface area contributed by atoms with Crippen LogP contribution < -0.4 is 0 Å². The largest absolute Gasteiger partial charge is 0.261 e. The second kappa shape index (κ2) is 3.79. The fourth-order valence-electron chi connectivity index (χ4n) is 1.05. The van der Waals surface area contributed by atoms with Gasteiger partial charge in [-0.3, -0.25) is 4.99 Å². The van der Waals surface area contributed by atoms with Crippen molar-refractivity contribution in [3.05, 3.63) is 29.8 Å². The van der Waals surface area contributed by atoms with E-state index in [9.17, 15) is 0 Å². The first-order chi connectivity index (χ1) is 4.47. The minimum Gasteiger partial charge on any atom is -0.261 e. The van der Waals surface area contributed by atoms with Gasteiger partial charge in [0.25, 0.3) is 0 Å². The van der Waals surface area contributed by atoms with Crippen LogP contribution in [0.25, 0.3) is 0 Å². The first kappa shape index (κ1) is 8.62. The summed E-state index contributed by atoms with van der Waals surface area (Å²) in [6, 6.07) is 8.22. The summed E-state index contributed by atoms with van der Waals surface area (Å²) in [7, 11) is 0. The van der Waals surface area contributed by atoms with Crippen molar-refractivity contribution in [2.75, 3.05) is 0 Å². The van der Waals surface area contributed by atoms with Gasteiger partial charge in [0.2, 0.25) is 0 Å². The molecule has 2 rings (SSSR count). The maximum Gasteiger partial charge on any atom is 0.0661 e. The molecule has 1 nitrogen and oxygen atoms in total. The van der Waals surface area contributed by atoms with E-state index in [1.807, 2.05) is 24.4 Å². The maximum absolute atomic E-state index is 4.17. The molecule has 1 aromatic rings.